The third kappa shape index (κ3) is 5.97. The van der Waals surface area contributed by atoms with Gasteiger partial charge in [0.15, 0.2) is 0 Å². The van der Waals surface area contributed by atoms with E-state index in [1.807, 2.05) is 18.2 Å². The van der Waals surface area contributed by atoms with Gasteiger partial charge in [-0.3, -0.25) is 0 Å². The molecule has 0 aliphatic heterocycles. The van der Waals surface area contributed by atoms with Gasteiger partial charge in [0, 0.05) is 22.3 Å². The summed E-state index contributed by atoms with van der Waals surface area (Å²) in [7, 11) is 5.71. The average molecular weight is 454 g/mol. The van der Waals surface area contributed by atoms with Crippen molar-refractivity contribution in [3.63, 3.8) is 0 Å². The van der Waals surface area contributed by atoms with Crippen molar-refractivity contribution in [2.45, 2.75) is 0 Å². The predicted octanol–water partition coefficient (Wildman–Crippen LogP) is 4.08. The van der Waals surface area contributed by atoms with Crippen LogP contribution in [0.3, 0.4) is 0 Å². The number of ether oxygens (including phenoxy) is 4. The maximum Gasteiger partial charge on any atom is 0.341 e. The monoisotopic (exact) mass is 454 g/mol. The molecule has 3 aromatic carbocycles. The zero-order valence-corrected chi connectivity index (χ0v) is 19.2. The van der Waals surface area contributed by atoms with Gasteiger partial charge in [0.1, 0.15) is 17.1 Å². The molecule has 0 aliphatic rings. The van der Waals surface area contributed by atoms with E-state index in [0.717, 1.165) is 11.1 Å². The molecule has 0 bridgehead atoms. The van der Waals surface area contributed by atoms with Gasteiger partial charge in [0.2, 0.25) is 0 Å². The number of benzene rings is 3. The van der Waals surface area contributed by atoms with Crippen LogP contribution in [0.25, 0.3) is 0 Å². The summed E-state index contributed by atoms with van der Waals surface area (Å²) in [5, 5.41) is 0. The van der Waals surface area contributed by atoms with E-state index < -0.39 is 11.9 Å². The Labute approximate surface area is 198 Å². The van der Waals surface area contributed by atoms with Crippen LogP contribution in [-0.2, 0) is 9.47 Å². The average Bonchev–Trinajstić information content (AvgIpc) is 2.89. The molecule has 0 aliphatic carbocycles. The van der Waals surface area contributed by atoms with Crippen molar-refractivity contribution in [1.82, 2.24) is 0 Å². The highest BCUT2D eigenvalue weighted by Crippen LogP contribution is 2.21. The second-order valence-corrected chi connectivity index (χ2v) is 6.93. The second-order valence-electron chi connectivity index (χ2n) is 6.93. The standard InChI is InChI=1S/C28H22O6/c1-31-24-16-21(7-5-19-9-12-23(13-10-19)27(29)33-3)15-22(17-24)8-6-20-11-14-25(28(30)34-4)26(18-20)32-2/h9-18H,1-4H3. The molecule has 3 rings (SSSR count). The largest absolute Gasteiger partial charge is 0.497 e. The van der Waals surface area contributed by atoms with E-state index in [1.165, 1.54) is 21.3 Å². The summed E-state index contributed by atoms with van der Waals surface area (Å²) >= 11 is 0. The van der Waals surface area contributed by atoms with E-state index in [1.54, 1.807) is 49.6 Å². The normalized spacial score (nSPS) is 9.53. The summed E-state index contributed by atoms with van der Waals surface area (Å²) in [4.78, 5) is 23.4. The zero-order valence-electron chi connectivity index (χ0n) is 19.2. The molecule has 0 unspecified atom stereocenters. The molecule has 0 saturated carbocycles. The molecule has 0 N–H and O–H groups in total. The maximum absolute atomic E-state index is 11.8. The summed E-state index contributed by atoms with van der Waals surface area (Å²) in [5.41, 5.74) is 3.64. The lowest BCUT2D eigenvalue weighted by molar-refractivity contribution is 0.0589. The van der Waals surface area contributed by atoms with E-state index in [0.29, 0.717) is 33.8 Å². The SMILES string of the molecule is COC(=O)c1ccc(C#Cc2cc(C#Cc3ccc(C(=O)OC)c(OC)c3)cc(OC)c2)cc1. The van der Waals surface area contributed by atoms with Gasteiger partial charge in [0.05, 0.1) is 34.0 Å². The van der Waals surface area contributed by atoms with E-state index in [-0.39, 0.29) is 0 Å². The first kappa shape index (κ1) is 24.0. The third-order valence-corrected chi connectivity index (χ3v) is 4.76. The van der Waals surface area contributed by atoms with Crippen molar-refractivity contribution in [2.24, 2.45) is 0 Å². The van der Waals surface area contributed by atoms with Gasteiger partial charge in [0.25, 0.3) is 0 Å². The zero-order chi connectivity index (χ0) is 24.5. The lowest BCUT2D eigenvalue weighted by Crippen LogP contribution is -2.04. The third-order valence-electron chi connectivity index (χ3n) is 4.76. The molecule has 0 spiro atoms. The van der Waals surface area contributed by atoms with Gasteiger partial charge >= 0.3 is 11.9 Å². The number of hydrogen-bond donors (Lipinski definition) is 0. The Morgan fingerprint density at radius 1 is 0.588 bits per heavy atom. The molecule has 170 valence electrons. The molecule has 0 atom stereocenters. The first-order valence-corrected chi connectivity index (χ1v) is 10.1. The highest BCUT2D eigenvalue weighted by Gasteiger charge is 2.12. The minimum Gasteiger partial charge on any atom is -0.497 e. The molecule has 6 nitrogen and oxygen atoms in total. The lowest BCUT2D eigenvalue weighted by atomic mass is 10.1. The molecule has 0 aromatic heterocycles. The molecule has 0 amide bonds. The summed E-state index contributed by atoms with van der Waals surface area (Å²) in [6.45, 7) is 0. The van der Waals surface area contributed by atoms with Gasteiger partial charge in [-0.2, -0.15) is 0 Å². The predicted molar refractivity (Wildman–Crippen MR) is 127 cm³/mol. The van der Waals surface area contributed by atoms with Crippen molar-refractivity contribution in [2.75, 3.05) is 28.4 Å². The number of carbonyl (C=O) groups excluding carboxylic acids is 2. The van der Waals surface area contributed by atoms with Crippen LogP contribution in [0.2, 0.25) is 0 Å². The van der Waals surface area contributed by atoms with E-state index in [9.17, 15) is 9.59 Å². The smallest absolute Gasteiger partial charge is 0.341 e. The Hall–Kier alpha value is -4.68. The number of carbonyl (C=O) groups is 2. The maximum atomic E-state index is 11.8. The van der Waals surface area contributed by atoms with Crippen molar-refractivity contribution in [3.8, 4) is 35.2 Å². The number of hydrogen-bond acceptors (Lipinski definition) is 6. The minimum atomic E-state index is -0.479. The van der Waals surface area contributed by atoms with Crippen molar-refractivity contribution < 1.29 is 28.5 Å². The van der Waals surface area contributed by atoms with Crippen LogP contribution in [0, 0.1) is 23.7 Å². The van der Waals surface area contributed by atoms with Gasteiger partial charge in [-0.05, 0) is 60.7 Å². The molecule has 3 aromatic rings. The second kappa shape index (κ2) is 11.3. The highest BCUT2D eigenvalue weighted by atomic mass is 16.5. The molecule has 0 radical (unpaired) electrons. The fraction of sp³-hybridized carbons (Fsp3) is 0.143. The quantitative estimate of drug-likeness (QED) is 0.437. The topological polar surface area (TPSA) is 71.1 Å². The van der Waals surface area contributed by atoms with Gasteiger partial charge in [-0.15, -0.1) is 0 Å². The molecule has 0 saturated heterocycles. The van der Waals surface area contributed by atoms with Crippen LogP contribution in [-0.4, -0.2) is 40.4 Å². The van der Waals surface area contributed by atoms with Crippen LogP contribution < -0.4 is 9.47 Å². The summed E-state index contributed by atoms with van der Waals surface area (Å²) in [5.74, 6) is 12.5. The van der Waals surface area contributed by atoms with Crippen LogP contribution >= 0.6 is 0 Å². The van der Waals surface area contributed by atoms with Crippen molar-refractivity contribution >= 4 is 11.9 Å². The highest BCUT2D eigenvalue weighted by molar-refractivity contribution is 5.92. The van der Waals surface area contributed by atoms with Gasteiger partial charge in [-0.1, -0.05) is 23.7 Å². The minimum absolute atomic E-state index is 0.328. The number of rotatable bonds is 4. The van der Waals surface area contributed by atoms with Gasteiger partial charge < -0.3 is 18.9 Å². The summed E-state index contributed by atoms with van der Waals surface area (Å²) < 4.78 is 20.1. The van der Waals surface area contributed by atoms with E-state index >= 15 is 0 Å². The molecule has 0 heterocycles. The molecule has 0 fully saturated rings. The van der Waals surface area contributed by atoms with Crippen LogP contribution in [0.5, 0.6) is 11.5 Å². The van der Waals surface area contributed by atoms with Crippen molar-refractivity contribution in [3.05, 3.63) is 94.0 Å². The summed E-state index contributed by atoms with van der Waals surface area (Å²) in [6, 6.07) is 17.3. The Morgan fingerprint density at radius 3 is 1.71 bits per heavy atom. The summed E-state index contributed by atoms with van der Waals surface area (Å²) in [6.07, 6.45) is 0. The molecule has 34 heavy (non-hydrogen) atoms. The van der Waals surface area contributed by atoms with Crippen LogP contribution in [0.4, 0.5) is 0 Å². The fourth-order valence-electron chi connectivity index (χ4n) is 3.00. The first-order chi connectivity index (χ1) is 16.5. The Balaban J connectivity index is 1.88. The lowest BCUT2D eigenvalue weighted by Gasteiger charge is -2.06. The number of methoxy groups -OCH3 is 4. The fourth-order valence-corrected chi connectivity index (χ4v) is 3.00. The van der Waals surface area contributed by atoms with Crippen molar-refractivity contribution in [1.29, 1.82) is 0 Å². The Kier molecular flexibility index (Phi) is 7.94. The Bertz CT molecular complexity index is 1330. The molecular weight excluding hydrogens is 432 g/mol. The molecular formula is C28H22O6. The van der Waals surface area contributed by atoms with E-state index in [4.69, 9.17) is 18.9 Å². The molecule has 6 heteroatoms. The van der Waals surface area contributed by atoms with Gasteiger partial charge in [-0.25, -0.2) is 9.59 Å². The Morgan fingerprint density at radius 2 is 1.15 bits per heavy atom. The number of esters is 2. The van der Waals surface area contributed by atoms with Crippen LogP contribution in [0.1, 0.15) is 43.0 Å². The van der Waals surface area contributed by atoms with E-state index in [2.05, 4.69) is 23.7 Å². The van der Waals surface area contributed by atoms with Crippen LogP contribution in [0.15, 0.2) is 60.7 Å². The first-order valence-electron chi connectivity index (χ1n) is 10.1.